The van der Waals surface area contributed by atoms with E-state index in [1.165, 1.54) is 0 Å². The zero-order valence-electron chi connectivity index (χ0n) is 36.1. The normalized spacial score (nSPS) is 15.8. The number of carbonyl (C=O) groups is 4. The van der Waals surface area contributed by atoms with Crippen LogP contribution in [0.5, 0.6) is 0 Å². The summed E-state index contributed by atoms with van der Waals surface area (Å²) in [5.74, 6) is -0.926. The molecule has 0 bridgehead atoms. The molecule has 2 aromatic heterocycles. The molecule has 320 valence electrons. The predicted molar refractivity (Wildman–Crippen MR) is 232 cm³/mol. The van der Waals surface area contributed by atoms with Gasteiger partial charge in [0, 0.05) is 42.3 Å². The highest BCUT2D eigenvalue weighted by Gasteiger charge is 2.44. The van der Waals surface area contributed by atoms with Gasteiger partial charge >= 0.3 is 12.1 Å². The van der Waals surface area contributed by atoms with Gasteiger partial charge in [0.15, 0.2) is 0 Å². The topological polar surface area (TPSA) is 177 Å². The van der Waals surface area contributed by atoms with Crippen molar-refractivity contribution in [3.8, 4) is 11.1 Å². The molecule has 4 aromatic rings. The lowest BCUT2D eigenvalue weighted by Gasteiger charge is -2.38. The van der Waals surface area contributed by atoms with E-state index >= 15 is 0 Å². The molecule has 13 heteroatoms. The lowest BCUT2D eigenvalue weighted by atomic mass is 9.84. The van der Waals surface area contributed by atoms with Crippen molar-refractivity contribution in [2.24, 2.45) is 10.8 Å². The Morgan fingerprint density at radius 1 is 0.733 bits per heavy atom. The second-order valence-electron chi connectivity index (χ2n) is 18.1. The molecule has 0 radical (unpaired) electrons. The van der Waals surface area contributed by atoms with Crippen molar-refractivity contribution in [3.05, 3.63) is 119 Å². The van der Waals surface area contributed by atoms with Gasteiger partial charge in [-0.3, -0.25) is 19.6 Å². The highest BCUT2D eigenvalue weighted by molar-refractivity contribution is 5.89. The zero-order chi connectivity index (χ0) is 43.8. The van der Waals surface area contributed by atoms with Crippen molar-refractivity contribution in [1.82, 2.24) is 35.7 Å². The average molecular weight is 820 g/mol. The summed E-state index contributed by atoms with van der Waals surface area (Å²) in [4.78, 5) is 66.5. The minimum absolute atomic E-state index is 0.0429. The number of aromatic nitrogens is 2. The van der Waals surface area contributed by atoms with Crippen LogP contribution in [-0.4, -0.2) is 97.3 Å². The second-order valence-corrected chi connectivity index (χ2v) is 18.1. The molecule has 3 heterocycles. The van der Waals surface area contributed by atoms with Crippen LogP contribution >= 0.6 is 0 Å². The maximum atomic E-state index is 14.6. The molecule has 0 aliphatic carbocycles. The number of aryl methyl sites for hydroxylation is 2. The molecule has 1 saturated heterocycles. The number of nitrogens with one attached hydrogen (secondary N) is 3. The fraction of sp³-hybridized carbons (Fsp3) is 0.447. The number of rotatable bonds is 16. The first kappa shape index (κ1) is 45.3. The number of nitrogens with zero attached hydrogens (tertiary/aromatic N) is 4. The number of carbonyl (C=O) groups excluding carboxylic acids is 3. The van der Waals surface area contributed by atoms with E-state index in [2.05, 4.69) is 25.9 Å². The molecule has 13 nitrogen and oxygen atoms in total. The molecule has 5 N–H and O–H groups in total. The van der Waals surface area contributed by atoms with Crippen LogP contribution < -0.4 is 16.0 Å². The maximum absolute atomic E-state index is 14.6. The number of carboxylic acid groups (broad SMARTS) is 1. The Hall–Kier alpha value is -5.82. The lowest BCUT2D eigenvalue weighted by Crippen LogP contribution is -2.59. The Morgan fingerprint density at radius 2 is 1.40 bits per heavy atom. The summed E-state index contributed by atoms with van der Waals surface area (Å²) in [5, 5.41) is 30.3. The molecule has 5 amide bonds. The molecule has 0 unspecified atom stereocenters. The number of aliphatic hydroxyl groups is 1. The molecule has 5 rings (SSSR count). The van der Waals surface area contributed by atoms with E-state index in [0.29, 0.717) is 26.1 Å². The molecule has 0 saturated carbocycles. The maximum Gasteiger partial charge on any atom is 0.405 e. The van der Waals surface area contributed by atoms with Crippen molar-refractivity contribution < 1.29 is 29.4 Å². The minimum Gasteiger partial charge on any atom is -0.465 e. The number of hydrogen-bond acceptors (Lipinski definition) is 7. The average Bonchev–Trinajstić information content (AvgIpc) is 3.51. The van der Waals surface area contributed by atoms with Gasteiger partial charge in [-0.2, -0.15) is 0 Å². The highest BCUT2D eigenvalue weighted by atomic mass is 16.4. The van der Waals surface area contributed by atoms with Gasteiger partial charge < -0.3 is 36.0 Å². The summed E-state index contributed by atoms with van der Waals surface area (Å²) in [5.41, 5.74) is 4.76. The summed E-state index contributed by atoms with van der Waals surface area (Å²) >= 11 is 0. The molecule has 5 atom stereocenters. The molecule has 60 heavy (non-hydrogen) atoms. The van der Waals surface area contributed by atoms with E-state index in [0.717, 1.165) is 39.3 Å². The van der Waals surface area contributed by atoms with Crippen LogP contribution in [0.2, 0.25) is 0 Å². The molecule has 2 aromatic carbocycles. The van der Waals surface area contributed by atoms with E-state index < -0.39 is 53.1 Å². The van der Waals surface area contributed by atoms with E-state index in [4.69, 9.17) is 0 Å². The predicted octanol–water partition coefficient (Wildman–Crippen LogP) is 6.30. The molecule has 0 spiro atoms. The molecule has 1 aliphatic rings. The fourth-order valence-corrected chi connectivity index (χ4v) is 7.77. The van der Waals surface area contributed by atoms with Crippen molar-refractivity contribution in [2.75, 3.05) is 13.1 Å². The third kappa shape index (κ3) is 12.4. The van der Waals surface area contributed by atoms with Crippen molar-refractivity contribution in [1.29, 1.82) is 0 Å². The Balaban J connectivity index is 1.41. The fourth-order valence-electron chi connectivity index (χ4n) is 7.77. The number of pyridine rings is 2. The summed E-state index contributed by atoms with van der Waals surface area (Å²) in [6.07, 6.45) is -0.0924. The SMILES string of the molecule is Cc1ccc(-c2ccc(C[C@H](NC(=O)[C@@H](NC(=O)O)C(C)(C)C)[C@@H](O)C[C@H](Cc3ccccc3)NC(=O)[C@@H](N3CCN(Cc4cccc(C)n4)C3=O)C(C)(C)C)cc2)cn1. The van der Waals surface area contributed by atoms with E-state index in [-0.39, 0.29) is 24.8 Å². The Labute approximate surface area is 354 Å². The summed E-state index contributed by atoms with van der Waals surface area (Å²) < 4.78 is 0. The Morgan fingerprint density at radius 3 is 2.00 bits per heavy atom. The van der Waals surface area contributed by atoms with Crippen LogP contribution in [0.15, 0.2) is 91.1 Å². The second kappa shape index (κ2) is 19.5. The Bertz CT molecular complexity index is 2080. The van der Waals surface area contributed by atoms with Crippen LogP contribution in [0.1, 0.15) is 76.2 Å². The van der Waals surface area contributed by atoms with Crippen molar-refractivity contribution in [3.63, 3.8) is 0 Å². The number of urea groups is 1. The number of benzene rings is 2. The van der Waals surface area contributed by atoms with Gasteiger partial charge in [-0.1, -0.05) is 108 Å². The van der Waals surface area contributed by atoms with E-state index in [1.807, 2.05) is 126 Å². The van der Waals surface area contributed by atoms with Crippen LogP contribution in [0.4, 0.5) is 9.59 Å². The standard InChI is InChI=1S/C47H61N7O6/c1-30-17-20-35(28-48-30)34-21-18-33(19-22-34)26-38(51-42(56)40(46(3,4)5)52-44(58)59)39(55)27-37(25-32-14-10-9-11-15-32)50-43(57)41(47(6,7)8)54-24-23-53(45(54)60)29-36-16-12-13-31(2)49-36/h9-22,28,37-41,52,55H,23-27,29H2,1-8H3,(H,50,57)(H,51,56)(H,58,59)/t37-,38-,39-,40+,41+/m0/s1. The van der Waals surface area contributed by atoms with Crippen LogP contribution in [0, 0.1) is 24.7 Å². The largest absolute Gasteiger partial charge is 0.465 e. The molecular weight excluding hydrogens is 759 g/mol. The quantitative estimate of drug-likeness (QED) is 0.0875. The number of hydrogen-bond donors (Lipinski definition) is 5. The first-order chi connectivity index (χ1) is 28.3. The Kier molecular flexibility index (Phi) is 14.7. The van der Waals surface area contributed by atoms with Gasteiger partial charge in [0.1, 0.15) is 12.1 Å². The molecule has 1 aliphatic heterocycles. The minimum atomic E-state index is -1.34. The van der Waals surface area contributed by atoms with E-state index in [1.54, 1.807) is 30.6 Å². The van der Waals surface area contributed by atoms with Crippen molar-refractivity contribution in [2.45, 2.75) is 111 Å². The summed E-state index contributed by atoms with van der Waals surface area (Å²) in [6.45, 7) is 16.0. The third-order valence-corrected chi connectivity index (χ3v) is 10.8. The highest BCUT2D eigenvalue weighted by Crippen LogP contribution is 2.29. The van der Waals surface area contributed by atoms with Crippen molar-refractivity contribution >= 4 is 23.9 Å². The van der Waals surface area contributed by atoms with Gasteiger partial charge in [0.25, 0.3) is 0 Å². The number of aliphatic hydroxyl groups excluding tert-OH is 1. The van der Waals surface area contributed by atoms with Crippen LogP contribution in [0.3, 0.4) is 0 Å². The summed E-state index contributed by atoms with van der Waals surface area (Å²) in [6, 6.07) is 23.4. The van der Waals surface area contributed by atoms with E-state index in [9.17, 15) is 29.4 Å². The first-order valence-corrected chi connectivity index (χ1v) is 20.6. The smallest absolute Gasteiger partial charge is 0.405 e. The monoisotopic (exact) mass is 819 g/mol. The van der Waals surface area contributed by atoms with Gasteiger partial charge in [-0.25, -0.2) is 9.59 Å². The van der Waals surface area contributed by atoms with Gasteiger partial charge in [0.2, 0.25) is 11.8 Å². The summed E-state index contributed by atoms with van der Waals surface area (Å²) in [7, 11) is 0. The van der Waals surface area contributed by atoms with Gasteiger partial charge in [0.05, 0.1) is 24.4 Å². The number of amides is 5. The lowest BCUT2D eigenvalue weighted by molar-refractivity contribution is -0.130. The zero-order valence-corrected chi connectivity index (χ0v) is 36.1. The van der Waals surface area contributed by atoms with Crippen LogP contribution in [-0.2, 0) is 29.0 Å². The molecular formula is C47H61N7O6. The van der Waals surface area contributed by atoms with Gasteiger partial charge in [-0.15, -0.1) is 0 Å². The molecule has 1 fully saturated rings. The van der Waals surface area contributed by atoms with Crippen LogP contribution in [0.25, 0.3) is 11.1 Å². The third-order valence-electron chi connectivity index (χ3n) is 10.8. The first-order valence-electron chi connectivity index (χ1n) is 20.6. The van der Waals surface area contributed by atoms with Gasteiger partial charge in [-0.05, 0) is 78.8 Å².